The average Bonchev–Trinajstić information content (AvgIpc) is 2.72. The highest BCUT2D eigenvalue weighted by molar-refractivity contribution is 4.90. The molecule has 5 nitrogen and oxygen atoms in total. The van der Waals surface area contributed by atoms with Crippen LogP contribution < -0.4 is 5.73 Å². The van der Waals surface area contributed by atoms with E-state index in [1.807, 2.05) is 4.68 Å². The van der Waals surface area contributed by atoms with Crippen LogP contribution in [-0.4, -0.2) is 34.0 Å². The van der Waals surface area contributed by atoms with E-state index in [2.05, 4.69) is 30.9 Å². The van der Waals surface area contributed by atoms with Crippen LogP contribution in [0.25, 0.3) is 0 Å². The number of nitrogens with zero attached hydrogens (tertiary/aromatic N) is 3. The summed E-state index contributed by atoms with van der Waals surface area (Å²) in [4.78, 5) is 4.25. The molecule has 1 atom stereocenters. The van der Waals surface area contributed by atoms with Gasteiger partial charge in [0.25, 0.3) is 0 Å². The SMILES string of the molecule is CCCOCCC(N)Cc1ncnn1C(C)C. The third-order valence-electron chi connectivity index (χ3n) is 2.56. The van der Waals surface area contributed by atoms with Gasteiger partial charge < -0.3 is 10.5 Å². The summed E-state index contributed by atoms with van der Waals surface area (Å²) in [5, 5.41) is 4.20. The van der Waals surface area contributed by atoms with Crippen molar-refractivity contribution in [3.8, 4) is 0 Å². The second-order valence-electron chi connectivity index (χ2n) is 4.58. The van der Waals surface area contributed by atoms with Gasteiger partial charge in [0.1, 0.15) is 12.2 Å². The molecule has 1 aromatic rings. The maximum atomic E-state index is 6.06. The zero-order chi connectivity index (χ0) is 12.7. The Morgan fingerprint density at radius 2 is 2.18 bits per heavy atom. The van der Waals surface area contributed by atoms with Crippen LogP contribution in [0.3, 0.4) is 0 Å². The first-order valence-electron chi connectivity index (χ1n) is 6.36. The second kappa shape index (κ2) is 7.40. The van der Waals surface area contributed by atoms with Crippen molar-refractivity contribution in [3.63, 3.8) is 0 Å². The molecule has 1 rings (SSSR count). The Morgan fingerprint density at radius 1 is 1.41 bits per heavy atom. The van der Waals surface area contributed by atoms with Gasteiger partial charge in [0.05, 0.1) is 0 Å². The van der Waals surface area contributed by atoms with Gasteiger partial charge in [0.2, 0.25) is 0 Å². The number of ether oxygens (including phenoxy) is 1. The van der Waals surface area contributed by atoms with E-state index in [9.17, 15) is 0 Å². The van der Waals surface area contributed by atoms with Crippen molar-refractivity contribution in [1.82, 2.24) is 14.8 Å². The van der Waals surface area contributed by atoms with Crippen LogP contribution in [0.4, 0.5) is 0 Å². The van der Waals surface area contributed by atoms with Gasteiger partial charge in [0.15, 0.2) is 0 Å². The molecule has 0 radical (unpaired) electrons. The van der Waals surface area contributed by atoms with E-state index in [-0.39, 0.29) is 6.04 Å². The Balaban J connectivity index is 2.34. The number of nitrogens with two attached hydrogens (primary N) is 1. The lowest BCUT2D eigenvalue weighted by Gasteiger charge is -2.13. The van der Waals surface area contributed by atoms with E-state index in [0.29, 0.717) is 6.04 Å². The Hall–Kier alpha value is -0.940. The lowest BCUT2D eigenvalue weighted by molar-refractivity contribution is 0.127. The molecular formula is C12H24N4O. The van der Waals surface area contributed by atoms with E-state index in [4.69, 9.17) is 10.5 Å². The monoisotopic (exact) mass is 240 g/mol. The van der Waals surface area contributed by atoms with E-state index in [0.717, 1.165) is 38.3 Å². The largest absolute Gasteiger partial charge is 0.381 e. The van der Waals surface area contributed by atoms with Crippen LogP contribution in [0, 0.1) is 0 Å². The van der Waals surface area contributed by atoms with Crippen LogP contribution in [0.5, 0.6) is 0 Å². The molecule has 5 heteroatoms. The number of hydrogen-bond donors (Lipinski definition) is 1. The Morgan fingerprint density at radius 3 is 2.82 bits per heavy atom. The number of rotatable bonds is 8. The summed E-state index contributed by atoms with van der Waals surface area (Å²) in [5.74, 6) is 0.961. The Bertz CT molecular complexity index is 311. The maximum absolute atomic E-state index is 6.06. The molecule has 0 aliphatic heterocycles. The standard InChI is InChI=1S/C12H24N4O/c1-4-6-17-7-5-11(13)8-12-14-9-15-16(12)10(2)3/h9-11H,4-8,13H2,1-3H3. The van der Waals surface area contributed by atoms with Crippen molar-refractivity contribution < 1.29 is 4.74 Å². The molecule has 98 valence electrons. The van der Waals surface area contributed by atoms with Crippen molar-refractivity contribution in [2.45, 2.75) is 52.1 Å². The summed E-state index contributed by atoms with van der Waals surface area (Å²) in [6.45, 7) is 7.83. The predicted molar refractivity (Wildman–Crippen MR) is 67.8 cm³/mol. The van der Waals surface area contributed by atoms with Crippen LogP contribution in [0.1, 0.15) is 45.5 Å². The first-order chi connectivity index (χ1) is 8.15. The molecule has 0 spiro atoms. The van der Waals surface area contributed by atoms with Gasteiger partial charge in [0, 0.05) is 31.7 Å². The molecule has 2 N–H and O–H groups in total. The van der Waals surface area contributed by atoms with Gasteiger partial charge in [-0.05, 0) is 26.7 Å². The minimum Gasteiger partial charge on any atom is -0.381 e. The van der Waals surface area contributed by atoms with Crippen LogP contribution in [-0.2, 0) is 11.2 Å². The van der Waals surface area contributed by atoms with Crippen molar-refractivity contribution in [3.05, 3.63) is 12.2 Å². The molecule has 0 amide bonds. The van der Waals surface area contributed by atoms with E-state index in [1.54, 1.807) is 6.33 Å². The average molecular weight is 240 g/mol. The second-order valence-corrected chi connectivity index (χ2v) is 4.58. The summed E-state index contributed by atoms with van der Waals surface area (Å²) in [6, 6.07) is 0.421. The van der Waals surface area contributed by atoms with Crippen LogP contribution in [0.15, 0.2) is 6.33 Å². The van der Waals surface area contributed by atoms with E-state index < -0.39 is 0 Å². The summed E-state index contributed by atoms with van der Waals surface area (Å²) in [5.41, 5.74) is 6.06. The van der Waals surface area contributed by atoms with Crippen molar-refractivity contribution in [2.75, 3.05) is 13.2 Å². The van der Waals surface area contributed by atoms with Gasteiger partial charge in [-0.3, -0.25) is 0 Å². The fraction of sp³-hybridized carbons (Fsp3) is 0.833. The molecule has 0 aliphatic carbocycles. The first kappa shape index (κ1) is 14.1. The summed E-state index contributed by atoms with van der Waals surface area (Å²) < 4.78 is 7.35. The fourth-order valence-electron chi connectivity index (χ4n) is 1.67. The smallest absolute Gasteiger partial charge is 0.138 e. The summed E-state index contributed by atoms with van der Waals surface area (Å²) in [6.07, 6.45) is 4.27. The molecule has 0 bridgehead atoms. The van der Waals surface area contributed by atoms with Crippen molar-refractivity contribution in [2.24, 2.45) is 5.73 Å². The molecular weight excluding hydrogens is 216 g/mol. The first-order valence-corrected chi connectivity index (χ1v) is 6.36. The minimum absolute atomic E-state index is 0.0913. The molecule has 0 saturated carbocycles. The van der Waals surface area contributed by atoms with E-state index in [1.165, 1.54) is 0 Å². The van der Waals surface area contributed by atoms with Gasteiger partial charge in [-0.25, -0.2) is 9.67 Å². The zero-order valence-corrected chi connectivity index (χ0v) is 11.1. The molecule has 1 aromatic heterocycles. The fourth-order valence-corrected chi connectivity index (χ4v) is 1.67. The van der Waals surface area contributed by atoms with Gasteiger partial charge in [-0.2, -0.15) is 5.10 Å². The van der Waals surface area contributed by atoms with Crippen molar-refractivity contribution in [1.29, 1.82) is 0 Å². The molecule has 17 heavy (non-hydrogen) atoms. The quantitative estimate of drug-likeness (QED) is 0.700. The number of aromatic nitrogens is 3. The normalized spacial score (nSPS) is 13.2. The number of hydrogen-bond acceptors (Lipinski definition) is 4. The van der Waals surface area contributed by atoms with E-state index >= 15 is 0 Å². The lowest BCUT2D eigenvalue weighted by Crippen LogP contribution is -2.27. The Labute approximate surface area is 103 Å². The molecule has 0 aliphatic rings. The molecule has 0 fully saturated rings. The summed E-state index contributed by atoms with van der Waals surface area (Å²) in [7, 11) is 0. The van der Waals surface area contributed by atoms with Gasteiger partial charge in [-0.15, -0.1) is 0 Å². The van der Waals surface area contributed by atoms with Gasteiger partial charge >= 0.3 is 0 Å². The highest BCUT2D eigenvalue weighted by atomic mass is 16.5. The maximum Gasteiger partial charge on any atom is 0.138 e. The highest BCUT2D eigenvalue weighted by Crippen LogP contribution is 2.08. The summed E-state index contributed by atoms with van der Waals surface area (Å²) >= 11 is 0. The van der Waals surface area contributed by atoms with Crippen LogP contribution >= 0.6 is 0 Å². The Kier molecular flexibility index (Phi) is 6.15. The predicted octanol–water partition coefficient (Wildman–Crippen LogP) is 1.55. The van der Waals surface area contributed by atoms with Crippen molar-refractivity contribution >= 4 is 0 Å². The molecule has 1 heterocycles. The molecule has 1 unspecified atom stereocenters. The van der Waals surface area contributed by atoms with Gasteiger partial charge in [-0.1, -0.05) is 6.92 Å². The topological polar surface area (TPSA) is 66.0 Å². The zero-order valence-electron chi connectivity index (χ0n) is 11.1. The highest BCUT2D eigenvalue weighted by Gasteiger charge is 2.11. The third-order valence-corrected chi connectivity index (χ3v) is 2.56. The lowest BCUT2D eigenvalue weighted by atomic mass is 10.1. The van der Waals surface area contributed by atoms with Crippen LogP contribution in [0.2, 0.25) is 0 Å². The molecule has 0 aromatic carbocycles. The minimum atomic E-state index is 0.0913. The third kappa shape index (κ3) is 4.83. The molecule has 0 saturated heterocycles.